The minimum Gasteiger partial charge on any atom is -0.466 e. The summed E-state index contributed by atoms with van der Waals surface area (Å²) in [5, 5.41) is 2.96. The van der Waals surface area contributed by atoms with Crippen LogP contribution in [0.3, 0.4) is 0 Å². The van der Waals surface area contributed by atoms with Crippen molar-refractivity contribution in [3.05, 3.63) is 35.4 Å². The predicted molar refractivity (Wildman–Crippen MR) is 89.2 cm³/mol. The quantitative estimate of drug-likeness (QED) is 0.849. The lowest BCUT2D eigenvalue weighted by molar-refractivity contribution is -0.149. The van der Waals surface area contributed by atoms with Gasteiger partial charge >= 0.3 is 12.0 Å². The molecule has 1 aromatic rings. The minimum absolute atomic E-state index is 0.0417. The van der Waals surface area contributed by atoms with E-state index in [1.807, 2.05) is 13.0 Å². The van der Waals surface area contributed by atoms with E-state index in [4.69, 9.17) is 4.74 Å². The number of esters is 1. The molecular weight excluding hydrogens is 292 g/mol. The van der Waals surface area contributed by atoms with E-state index in [1.165, 1.54) is 11.1 Å². The molecule has 0 aliphatic carbocycles. The molecule has 1 aliphatic heterocycles. The van der Waals surface area contributed by atoms with Crippen LogP contribution < -0.4 is 5.32 Å². The van der Waals surface area contributed by atoms with Crippen LogP contribution in [0.5, 0.6) is 0 Å². The van der Waals surface area contributed by atoms with Crippen molar-refractivity contribution in [1.29, 1.82) is 0 Å². The first kappa shape index (κ1) is 17.3. The number of aryl methyl sites for hydroxylation is 1. The number of nitrogens with one attached hydrogen (secondary N) is 1. The van der Waals surface area contributed by atoms with Crippen LogP contribution in [0, 0.1) is 12.8 Å². The van der Waals surface area contributed by atoms with E-state index < -0.39 is 0 Å². The molecular formula is C18H26N2O3. The van der Waals surface area contributed by atoms with Gasteiger partial charge in [-0.2, -0.15) is 0 Å². The van der Waals surface area contributed by atoms with Gasteiger partial charge in [-0.3, -0.25) is 4.79 Å². The van der Waals surface area contributed by atoms with Gasteiger partial charge in [-0.1, -0.05) is 29.8 Å². The third kappa shape index (κ3) is 5.27. The second-order valence-electron chi connectivity index (χ2n) is 5.98. The lowest BCUT2D eigenvalue weighted by atomic mass is 9.97. The Labute approximate surface area is 138 Å². The molecule has 126 valence electrons. The molecule has 0 unspecified atom stereocenters. The molecule has 1 aliphatic rings. The number of hydrogen-bond acceptors (Lipinski definition) is 3. The number of benzene rings is 1. The molecule has 1 saturated heterocycles. The normalized spacial score (nSPS) is 15.3. The molecule has 5 nitrogen and oxygen atoms in total. The summed E-state index contributed by atoms with van der Waals surface area (Å²) in [6, 6.07) is 8.27. The van der Waals surface area contributed by atoms with Crippen molar-refractivity contribution < 1.29 is 14.3 Å². The van der Waals surface area contributed by atoms with Crippen LogP contribution in [-0.4, -0.2) is 43.1 Å². The highest BCUT2D eigenvalue weighted by atomic mass is 16.5. The number of carbonyl (C=O) groups excluding carboxylic acids is 2. The minimum atomic E-state index is -0.132. The number of hydrogen-bond donors (Lipinski definition) is 1. The maximum absolute atomic E-state index is 12.2. The van der Waals surface area contributed by atoms with Gasteiger partial charge in [-0.25, -0.2) is 4.79 Å². The highest BCUT2D eigenvalue weighted by Gasteiger charge is 2.27. The number of nitrogens with zero attached hydrogens (tertiary/aromatic N) is 1. The van der Waals surface area contributed by atoms with Gasteiger partial charge in [-0.05, 0) is 38.7 Å². The fourth-order valence-corrected chi connectivity index (χ4v) is 2.87. The Morgan fingerprint density at radius 2 is 2.04 bits per heavy atom. The molecule has 1 fully saturated rings. The summed E-state index contributed by atoms with van der Waals surface area (Å²) in [4.78, 5) is 25.6. The Morgan fingerprint density at radius 1 is 1.30 bits per heavy atom. The molecule has 1 aromatic carbocycles. The number of urea groups is 1. The number of ether oxygens (including phenoxy) is 1. The third-order valence-electron chi connectivity index (χ3n) is 4.17. The van der Waals surface area contributed by atoms with Crippen molar-refractivity contribution in [2.45, 2.75) is 33.1 Å². The van der Waals surface area contributed by atoms with Crippen molar-refractivity contribution >= 4 is 12.0 Å². The Bertz CT molecular complexity index is 537. The highest BCUT2D eigenvalue weighted by Crippen LogP contribution is 2.18. The van der Waals surface area contributed by atoms with E-state index in [0.717, 1.165) is 6.42 Å². The average molecular weight is 318 g/mol. The average Bonchev–Trinajstić information content (AvgIpc) is 2.55. The molecule has 2 amide bonds. The number of carbonyl (C=O) groups is 2. The first-order valence-electron chi connectivity index (χ1n) is 8.35. The monoisotopic (exact) mass is 318 g/mol. The van der Waals surface area contributed by atoms with E-state index in [1.54, 1.807) is 4.90 Å². The first-order valence-corrected chi connectivity index (χ1v) is 8.35. The second-order valence-corrected chi connectivity index (χ2v) is 5.98. The van der Waals surface area contributed by atoms with Crippen molar-refractivity contribution in [1.82, 2.24) is 10.2 Å². The van der Waals surface area contributed by atoms with Gasteiger partial charge in [0.05, 0.1) is 12.5 Å². The maximum Gasteiger partial charge on any atom is 0.317 e. The van der Waals surface area contributed by atoms with Crippen LogP contribution >= 0.6 is 0 Å². The summed E-state index contributed by atoms with van der Waals surface area (Å²) in [5.74, 6) is -0.196. The summed E-state index contributed by atoms with van der Waals surface area (Å²) in [6.07, 6.45) is 2.20. The number of amides is 2. The van der Waals surface area contributed by atoms with E-state index in [0.29, 0.717) is 39.1 Å². The van der Waals surface area contributed by atoms with Crippen LogP contribution in [0.15, 0.2) is 24.3 Å². The van der Waals surface area contributed by atoms with Gasteiger partial charge < -0.3 is 15.0 Å². The zero-order valence-electron chi connectivity index (χ0n) is 14.0. The molecule has 2 rings (SSSR count). The Balaban J connectivity index is 1.70. The van der Waals surface area contributed by atoms with E-state index >= 15 is 0 Å². The van der Waals surface area contributed by atoms with Gasteiger partial charge in [0, 0.05) is 19.6 Å². The van der Waals surface area contributed by atoms with Gasteiger partial charge in [0.2, 0.25) is 0 Å². The van der Waals surface area contributed by atoms with E-state index in [-0.39, 0.29) is 17.9 Å². The summed E-state index contributed by atoms with van der Waals surface area (Å²) in [6.45, 7) is 6.14. The van der Waals surface area contributed by atoms with Crippen LogP contribution in [0.25, 0.3) is 0 Å². The molecule has 0 atom stereocenters. The van der Waals surface area contributed by atoms with E-state index in [2.05, 4.69) is 30.4 Å². The SMILES string of the molecule is CCOC(=O)C1CCN(C(=O)NCCc2cccc(C)c2)CC1. The van der Waals surface area contributed by atoms with Crippen molar-refractivity contribution in [2.24, 2.45) is 5.92 Å². The van der Waals surface area contributed by atoms with Crippen molar-refractivity contribution in [3.8, 4) is 0 Å². The number of likely N-dealkylation sites (tertiary alicyclic amines) is 1. The zero-order valence-corrected chi connectivity index (χ0v) is 14.0. The molecule has 5 heteroatoms. The summed E-state index contributed by atoms with van der Waals surface area (Å²) in [5.41, 5.74) is 2.46. The van der Waals surface area contributed by atoms with Crippen LogP contribution in [0.4, 0.5) is 4.79 Å². The predicted octanol–water partition coefficient (Wildman–Crippen LogP) is 2.52. The van der Waals surface area contributed by atoms with Gasteiger partial charge in [0.15, 0.2) is 0 Å². The van der Waals surface area contributed by atoms with E-state index in [9.17, 15) is 9.59 Å². The molecule has 23 heavy (non-hydrogen) atoms. The number of piperidine rings is 1. The largest absolute Gasteiger partial charge is 0.466 e. The van der Waals surface area contributed by atoms with Crippen molar-refractivity contribution in [3.63, 3.8) is 0 Å². The molecule has 0 bridgehead atoms. The summed E-state index contributed by atoms with van der Waals surface area (Å²) >= 11 is 0. The fourth-order valence-electron chi connectivity index (χ4n) is 2.87. The fraction of sp³-hybridized carbons (Fsp3) is 0.556. The summed E-state index contributed by atoms with van der Waals surface area (Å²) < 4.78 is 5.04. The van der Waals surface area contributed by atoms with Crippen LogP contribution in [0.1, 0.15) is 30.9 Å². The molecule has 0 saturated carbocycles. The Kier molecular flexibility index (Phi) is 6.44. The topological polar surface area (TPSA) is 58.6 Å². The molecule has 1 heterocycles. The maximum atomic E-state index is 12.2. The molecule has 0 radical (unpaired) electrons. The number of rotatable bonds is 5. The lowest BCUT2D eigenvalue weighted by Crippen LogP contribution is -2.46. The second kappa shape index (κ2) is 8.56. The Hall–Kier alpha value is -2.04. The highest BCUT2D eigenvalue weighted by molar-refractivity contribution is 5.76. The van der Waals surface area contributed by atoms with Crippen LogP contribution in [-0.2, 0) is 16.0 Å². The smallest absolute Gasteiger partial charge is 0.317 e. The van der Waals surface area contributed by atoms with Gasteiger partial charge in [0.1, 0.15) is 0 Å². The lowest BCUT2D eigenvalue weighted by Gasteiger charge is -2.30. The molecule has 0 aromatic heterocycles. The summed E-state index contributed by atoms with van der Waals surface area (Å²) in [7, 11) is 0. The molecule has 1 N–H and O–H groups in total. The Morgan fingerprint density at radius 3 is 2.70 bits per heavy atom. The first-order chi connectivity index (χ1) is 11.1. The van der Waals surface area contributed by atoms with Crippen LogP contribution in [0.2, 0.25) is 0 Å². The van der Waals surface area contributed by atoms with Gasteiger partial charge in [0.25, 0.3) is 0 Å². The standard InChI is InChI=1S/C18H26N2O3/c1-3-23-17(21)16-8-11-20(12-9-16)18(22)19-10-7-15-6-4-5-14(2)13-15/h4-6,13,16H,3,7-12H2,1-2H3,(H,19,22). The van der Waals surface area contributed by atoms with Crippen molar-refractivity contribution in [2.75, 3.05) is 26.2 Å². The third-order valence-corrected chi connectivity index (χ3v) is 4.17. The zero-order chi connectivity index (χ0) is 16.7. The van der Waals surface area contributed by atoms with Gasteiger partial charge in [-0.15, -0.1) is 0 Å². The molecule has 0 spiro atoms.